The van der Waals surface area contributed by atoms with Crippen molar-refractivity contribution in [1.82, 2.24) is 4.98 Å². The summed E-state index contributed by atoms with van der Waals surface area (Å²) in [5.74, 6) is 0. The third kappa shape index (κ3) is 0.746. The molecule has 3 heteroatoms. The van der Waals surface area contributed by atoms with Crippen LogP contribution < -0.4 is 0 Å². The Morgan fingerprint density at radius 2 is 2.38 bits per heavy atom. The molecular weight excluding hydrogens is 126 g/mol. The van der Waals surface area contributed by atoms with Crippen molar-refractivity contribution in [1.29, 1.82) is 0 Å². The van der Waals surface area contributed by atoms with Crippen LogP contribution in [0.3, 0.4) is 0 Å². The number of halogens is 1. The van der Waals surface area contributed by atoms with Gasteiger partial charge in [-0.1, -0.05) is 11.6 Å². The Morgan fingerprint density at radius 1 is 1.62 bits per heavy atom. The van der Waals surface area contributed by atoms with Gasteiger partial charge in [-0.2, -0.15) is 0 Å². The van der Waals surface area contributed by atoms with Crippen molar-refractivity contribution in [3.05, 3.63) is 23.0 Å². The van der Waals surface area contributed by atoms with Gasteiger partial charge in [0.25, 0.3) is 0 Å². The minimum absolute atomic E-state index is 0.472. The lowest BCUT2D eigenvalue weighted by atomic mass is 10.4. The summed E-state index contributed by atoms with van der Waals surface area (Å²) in [7, 11) is 0. The molecule has 1 heterocycles. The topological polar surface area (TPSA) is 32.9 Å². The number of carbonyl (C=O) groups is 1. The summed E-state index contributed by atoms with van der Waals surface area (Å²) in [6.45, 7) is 0. The first-order valence-corrected chi connectivity index (χ1v) is 2.50. The zero-order valence-electron chi connectivity index (χ0n) is 4.02. The molecule has 1 rings (SSSR count). The summed E-state index contributed by atoms with van der Waals surface area (Å²) in [5, 5.41) is 0.472. The van der Waals surface area contributed by atoms with Crippen molar-refractivity contribution in [2.75, 3.05) is 0 Å². The standard InChI is InChI=1S/C5H4ClNO/c6-5-2-7-1-4(5)3-8/h1-3,7H. The molecule has 0 amide bonds. The first-order chi connectivity index (χ1) is 3.84. The van der Waals surface area contributed by atoms with E-state index in [2.05, 4.69) is 4.98 Å². The van der Waals surface area contributed by atoms with E-state index in [4.69, 9.17) is 11.6 Å². The van der Waals surface area contributed by atoms with Crippen molar-refractivity contribution in [2.24, 2.45) is 0 Å². The van der Waals surface area contributed by atoms with Gasteiger partial charge >= 0.3 is 0 Å². The van der Waals surface area contributed by atoms with Crippen molar-refractivity contribution < 1.29 is 4.79 Å². The first-order valence-electron chi connectivity index (χ1n) is 2.12. The van der Waals surface area contributed by atoms with Crippen LogP contribution in [-0.4, -0.2) is 11.3 Å². The SMILES string of the molecule is O=Cc1c[nH]cc1Cl. The Labute approximate surface area is 51.5 Å². The Hall–Kier alpha value is -0.760. The molecule has 0 aromatic carbocycles. The van der Waals surface area contributed by atoms with Gasteiger partial charge in [0.15, 0.2) is 6.29 Å². The lowest BCUT2D eigenvalue weighted by Gasteiger charge is -1.75. The fourth-order valence-electron chi connectivity index (χ4n) is 0.447. The zero-order valence-corrected chi connectivity index (χ0v) is 4.77. The summed E-state index contributed by atoms with van der Waals surface area (Å²) < 4.78 is 0. The second kappa shape index (κ2) is 2.01. The number of carbonyl (C=O) groups excluding carboxylic acids is 1. The van der Waals surface area contributed by atoms with Crippen LogP contribution in [0.4, 0.5) is 0 Å². The molecule has 0 radical (unpaired) electrons. The first kappa shape index (κ1) is 5.38. The molecule has 2 nitrogen and oxygen atoms in total. The van der Waals surface area contributed by atoms with Crippen LogP contribution in [0, 0.1) is 0 Å². The Kier molecular flexibility index (Phi) is 1.35. The number of H-pyrrole nitrogens is 1. The van der Waals surface area contributed by atoms with Gasteiger partial charge in [0.2, 0.25) is 0 Å². The summed E-state index contributed by atoms with van der Waals surface area (Å²) >= 11 is 5.48. The maximum absolute atomic E-state index is 9.98. The number of aldehydes is 1. The third-order valence-corrected chi connectivity index (χ3v) is 1.18. The highest BCUT2D eigenvalue weighted by Crippen LogP contribution is 2.10. The number of rotatable bonds is 1. The predicted octanol–water partition coefficient (Wildman–Crippen LogP) is 1.48. The van der Waals surface area contributed by atoms with E-state index in [0.717, 1.165) is 0 Å². The van der Waals surface area contributed by atoms with Gasteiger partial charge in [-0.3, -0.25) is 4.79 Å². The molecule has 8 heavy (non-hydrogen) atoms. The van der Waals surface area contributed by atoms with Gasteiger partial charge < -0.3 is 4.98 Å². The highest BCUT2D eigenvalue weighted by molar-refractivity contribution is 6.32. The zero-order chi connectivity index (χ0) is 5.98. The molecule has 0 aliphatic carbocycles. The number of aromatic nitrogens is 1. The van der Waals surface area contributed by atoms with Crippen molar-refractivity contribution in [3.8, 4) is 0 Å². The van der Waals surface area contributed by atoms with E-state index in [9.17, 15) is 4.79 Å². The molecular formula is C5H4ClNO. The third-order valence-electron chi connectivity index (χ3n) is 0.852. The Morgan fingerprint density at radius 3 is 2.62 bits per heavy atom. The number of aromatic amines is 1. The molecule has 0 aliphatic heterocycles. The molecule has 42 valence electrons. The van der Waals surface area contributed by atoms with Crippen LogP contribution in [0.5, 0.6) is 0 Å². The molecule has 0 aliphatic rings. The van der Waals surface area contributed by atoms with E-state index in [1.165, 1.54) is 0 Å². The smallest absolute Gasteiger partial charge is 0.153 e. The maximum atomic E-state index is 9.98. The van der Waals surface area contributed by atoms with Crippen LogP contribution in [0.2, 0.25) is 5.02 Å². The van der Waals surface area contributed by atoms with E-state index >= 15 is 0 Å². The largest absolute Gasteiger partial charge is 0.366 e. The maximum Gasteiger partial charge on any atom is 0.153 e. The molecule has 1 N–H and O–H groups in total. The van der Waals surface area contributed by atoms with Crippen LogP contribution in [0.15, 0.2) is 12.4 Å². The van der Waals surface area contributed by atoms with Gasteiger partial charge in [0.05, 0.1) is 10.6 Å². The van der Waals surface area contributed by atoms with Crippen LogP contribution >= 0.6 is 11.6 Å². The molecule has 0 unspecified atom stereocenters. The van der Waals surface area contributed by atoms with Crippen molar-refractivity contribution in [2.45, 2.75) is 0 Å². The number of hydrogen-bond donors (Lipinski definition) is 1. The van der Waals surface area contributed by atoms with E-state index in [1.807, 2.05) is 0 Å². The summed E-state index contributed by atoms with van der Waals surface area (Å²) in [4.78, 5) is 12.7. The summed E-state index contributed by atoms with van der Waals surface area (Å²) in [6.07, 6.45) is 3.82. The molecule has 0 saturated carbocycles. The second-order valence-corrected chi connectivity index (χ2v) is 1.78. The minimum atomic E-state index is 0.472. The predicted molar refractivity (Wildman–Crippen MR) is 31.2 cm³/mol. The lowest BCUT2D eigenvalue weighted by Crippen LogP contribution is -1.69. The van der Waals surface area contributed by atoms with Gasteiger partial charge in [0.1, 0.15) is 0 Å². The molecule has 0 atom stereocenters. The number of hydrogen-bond acceptors (Lipinski definition) is 1. The van der Waals surface area contributed by atoms with Crippen LogP contribution in [-0.2, 0) is 0 Å². The molecule has 0 saturated heterocycles. The van der Waals surface area contributed by atoms with Crippen LogP contribution in [0.1, 0.15) is 10.4 Å². The normalized spacial score (nSPS) is 9.12. The molecule has 1 aromatic rings. The summed E-state index contributed by atoms with van der Waals surface area (Å²) in [5.41, 5.74) is 0.506. The quantitative estimate of drug-likeness (QED) is 0.573. The van der Waals surface area contributed by atoms with E-state index < -0.39 is 0 Å². The average Bonchev–Trinajstić information content (AvgIpc) is 2.14. The lowest BCUT2D eigenvalue weighted by molar-refractivity contribution is 0.112. The van der Waals surface area contributed by atoms with E-state index in [-0.39, 0.29) is 0 Å². The molecule has 1 aromatic heterocycles. The van der Waals surface area contributed by atoms with E-state index in [1.54, 1.807) is 12.4 Å². The second-order valence-electron chi connectivity index (χ2n) is 1.38. The van der Waals surface area contributed by atoms with Gasteiger partial charge in [0, 0.05) is 12.4 Å². The molecule has 0 bridgehead atoms. The van der Waals surface area contributed by atoms with Crippen molar-refractivity contribution >= 4 is 17.9 Å². The minimum Gasteiger partial charge on any atom is -0.366 e. The molecule has 0 spiro atoms. The number of nitrogens with one attached hydrogen (secondary N) is 1. The van der Waals surface area contributed by atoms with Crippen LogP contribution in [0.25, 0.3) is 0 Å². The Balaban J connectivity index is 3.09. The van der Waals surface area contributed by atoms with Crippen molar-refractivity contribution in [3.63, 3.8) is 0 Å². The van der Waals surface area contributed by atoms with Gasteiger partial charge in [-0.05, 0) is 0 Å². The monoisotopic (exact) mass is 129 g/mol. The van der Waals surface area contributed by atoms with Gasteiger partial charge in [-0.15, -0.1) is 0 Å². The Bertz CT molecular complexity index is 194. The highest BCUT2D eigenvalue weighted by atomic mass is 35.5. The van der Waals surface area contributed by atoms with E-state index in [0.29, 0.717) is 16.9 Å². The summed E-state index contributed by atoms with van der Waals surface area (Å²) in [6, 6.07) is 0. The molecule has 0 fully saturated rings. The van der Waals surface area contributed by atoms with Gasteiger partial charge in [-0.25, -0.2) is 0 Å². The fourth-order valence-corrected chi connectivity index (χ4v) is 0.609. The highest BCUT2D eigenvalue weighted by Gasteiger charge is 1.94. The fraction of sp³-hybridized carbons (Fsp3) is 0. The average molecular weight is 130 g/mol.